The molecule has 7 nitrogen and oxygen atoms in total. The highest BCUT2D eigenvalue weighted by Crippen LogP contribution is 2.09. The highest BCUT2D eigenvalue weighted by molar-refractivity contribution is 5.95. The van der Waals surface area contributed by atoms with Crippen LogP contribution in [-0.4, -0.2) is 26.6 Å². The van der Waals surface area contributed by atoms with Gasteiger partial charge in [-0.05, 0) is 36.2 Å². The Kier molecular flexibility index (Phi) is 5.16. The van der Waals surface area contributed by atoms with Crippen LogP contribution >= 0.6 is 0 Å². The number of hydrazine groups is 1. The van der Waals surface area contributed by atoms with E-state index in [-0.39, 0.29) is 12.3 Å². The summed E-state index contributed by atoms with van der Waals surface area (Å²) < 4.78 is 1.76. The molecule has 2 amide bonds. The molecule has 0 aliphatic carbocycles. The average Bonchev–Trinajstić information content (AvgIpc) is 3.15. The van der Waals surface area contributed by atoms with Crippen LogP contribution in [0.3, 0.4) is 0 Å². The molecule has 7 heteroatoms. The molecule has 0 aliphatic rings. The van der Waals surface area contributed by atoms with Crippen molar-refractivity contribution in [3.63, 3.8) is 0 Å². The minimum atomic E-state index is -0.404. The first-order chi connectivity index (χ1) is 12.2. The Morgan fingerprint density at radius 3 is 2.60 bits per heavy atom. The van der Waals surface area contributed by atoms with Gasteiger partial charge in [0.25, 0.3) is 5.91 Å². The number of hydrogen-bond acceptors (Lipinski definition) is 4. The van der Waals surface area contributed by atoms with Gasteiger partial charge in [0.2, 0.25) is 5.91 Å². The summed E-state index contributed by atoms with van der Waals surface area (Å²) in [6, 6.07) is 13.0. The van der Waals surface area contributed by atoms with Gasteiger partial charge in [0.15, 0.2) is 0 Å². The largest absolute Gasteiger partial charge is 0.273 e. The lowest BCUT2D eigenvalue weighted by atomic mass is 10.2. The van der Waals surface area contributed by atoms with E-state index in [4.69, 9.17) is 0 Å². The van der Waals surface area contributed by atoms with Crippen LogP contribution in [0.2, 0.25) is 0 Å². The van der Waals surface area contributed by atoms with Crippen LogP contribution in [0.15, 0.2) is 67.3 Å². The summed E-state index contributed by atoms with van der Waals surface area (Å²) in [6.07, 6.45) is 7.39. The van der Waals surface area contributed by atoms with Crippen LogP contribution in [0.25, 0.3) is 5.69 Å². The predicted molar refractivity (Wildman–Crippen MR) is 91.7 cm³/mol. The first-order valence-corrected chi connectivity index (χ1v) is 7.80. The second kappa shape index (κ2) is 7.87. The molecule has 0 saturated heterocycles. The molecule has 1 aromatic carbocycles. The molecule has 3 rings (SSSR count). The van der Waals surface area contributed by atoms with Crippen molar-refractivity contribution in [2.45, 2.75) is 12.8 Å². The van der Waals surface area contributed by atoms with E-state index in [0.717, 1.165) is 11.3 Å². The maximum Gasteiger partial charge on any atom is 0.271 e. The van der Waals surface area contributed by atoms with Gasteiger partial charge in [0, 0.05) is 25.0 Å². The Labute approximate surface area is 144 Å². The maximum atomic E-state index is 11.9. The third-order valence-corrected chi connectivity index (χ3v) is 3.54. The number of carbonyl (C=O) groups excluding carboxylic acids is 2. The molecule has 0 aliphatic heterocycles. The fourth-order valence-corrected chi connectivity index (χ4v) is 2.23. The molecule has 3 aromatic rings. The van der Waals surface area contributed by atoms with E-state index in [1.807, 2.05) is 36.5 Å². The van der Waals surface area contributed by atoms with Crippen molar-refractivity contribution in [2.75, 3.05) is 0 Å². The summed E-state index contributed by atoms with van der Waals surface area (Å²) in [4.78, 5) is 27.5. The summed E-state index contributed by atoms with van der Waals surface area (Å²) in [6.45, 7) is 0. The molecular formula is C18H17N5O2. The first-order valence-electron chi connectivity index (χ1n) is 7.80. The lowest BCUT2D eigenvalue weighted by molar-refractivity contribution is -0.121. The smallest absolute Gasteiger partial charge is 0.271 e. The molecule has 2 heterocycles. The number of nitrogens with one attached hydrogen (secondary N) is 2. The van der Waals surface area contributed by atoms with Crippen molar-refractivity contribution < 1.29 is 9.59 Å². The third kappa shape index (κ3) is 4.51. The minimum absolute atomic E-state index is 0.244. The van der Waals surface area contributed by atoms with Gasteiger partial charge in [0.05, 0.1) is 17.4 Å². The van der Waals surface area contributed by atoms with Crippen molar-refractivity contribution in [1.29, 1.82) is 0 Å². The number of para-hydroxylation sites is 1. The van der Waals surface area contributed by atoms with Gasteiger partial charge in [-0.25, -0.2) is 4.68 Å². The molecule has 2 aromatic heterocycles. The van der Waals surface area contributed by atoms with E-state index in [1.165, 1.54) is 6.20 Å². The Balaban J connectivity index is 1.47. The number of benzene rings is 1. The molecule has 25 heavy (non-hydrogen) atoms. The first kappa shape index (κ1) is 16.4. The van der Waals surface area contributed by atoms with Gasteiger partial charge in [-0.1, -0.05) is 18.2 Å². The van der Waals surface area contributed by atoms with Gasteiger partial charge < -0.3 is 0 Å². The number of aromatic nitrogens is 3. The highest BCUT2D eigenvalue weighted by atomic mass is 16.2. The Morgan fingerprint density at radius 2 is 1.84 bits per heavy atom. The summed E-state index contributed by atoms with van der Waals surface area (Å²) in [7, 11) is 0. The monoisotopic (exact) mass is 335 g/mol. The van der Waals surface area contributed by atoms with E-state index < -0.39 is 5.91 Å². The zero-order valence-corrected chi connectivity index (χ0v) is 13.4. The molecule has 0 atom stereocenters. The van der Waals surface area contributed by atoms with Crippen molar-refractivity contribution >= 4 is 11.8 Å². The quantitative estimate of drug-likeness (QED) is 0.694. The summed E-state index contributed by atoms with van der Waals surface area (Å²) >= 11 is 0. The van der Waals surface area contributed by atoms with E-state index in [2.05, 4.69) is 20.9 Å². The molecular weight excluding hydrogens is 318 g/mol. The van der Waals surface area contributed by atoms with Crippen LogP contribution in [-0.2, 0) is 11.2 Å². The van der Waals surface area contributed by atoms with Crippen molar-refractivity contribution in [2.24, 2.45) is 0 Å². The van der Waals surface area contributed by atoms with Crippen LogP contribution in [0.5, 0.6) is 0 Å². The lowest BCUT2D eigenvalue weighted by Crippen LogP contribution is -2.41. The summed E-state index contributed by atoms with van der Waals surface area (Å²) in [5, 5.41) is 4.29. The van der Waals surface area contributed by atoms with Gasteiger partial charge in [0.1, 0.15) is 0 Å². The maximum absolute atomic E-state index is 11.9. The Morgan fingerprint density at radius 1 is 1.00 bits per heavy atom. The second-order valence-corrected chi connectivity index (χ2v) is 5.37. The zero-order chi connectivity index (χ0) is 17.5. The van der Waals surface area contributed by atoms with Gasteiger partial charge in [-0.3, -0.25) is 25.4 Å². The van der Waals surface area contributed by atoms with E-state index >= 15 is 0 Å². The normalized spacial score (nSPS) is 10.2. The molecule has 0 radical (unpaired) electrons. The third-order valence-electron chi connectivity index (χ3n) is 3.54. The van der Waals surface area contributed by atoms with Gasteiger partial charge in [-0.2, -0.15) is 5.10 Å². The Bertz CT molecular complexity index is 846. The minimum Gasteiger partial charge on any atom is -0.273 e. The molecule has 126 valence electrons. The second-order valence-electron chi connectivity index (χ2n) is 5.37. The molecule has 0 unspecified atom stereocenters. The molecule has 0 bridgehead atoms. The number of nitrogens with zero attached hydrogens (tertiary/aromatic N) is 3. The van der Waals surface area contributed by atoms with Crippen LogP contribution in [0, 0.1) is 0 Å². The Hall–Kier alpha value is -3.48. The van der Waals surface area contributed by atoms with Crippen LogP contribution in [0.4, 0.5) is 0 Å². The number of carbonyl (C=O) groups is 2. The average molecular weight is 335 g/mol. The number of aryl methyl sites for hydroxylation is 1. The molecule has 0 spiro atoms. The molecule has 2 N–H and O–H groups in total. The van der Waals surface area contributed by atoms with Gasteiger partial charge >= 0.3 is 0 Å². The fraction of sp³-hybridized carbons (Fsp3) is 0.111. The summed E-state index contributed by atoms with van der Waals surface area (Å²) in [5.74, 6) is -0.678. The fourth-order valence-electron chi connectivity index (χ4n) is 2.23. The number of hydrogen-bond donors (Lipinski definition) is 2. The molecule has 0 fully saturated rings. The topological polar surface area (TPSA) is 88.9 Å². The standard InChI is InChI=1S/C18H17N5O2/c24-17(21-22-18(25)15-5-4-10-19-12-15)9-8-14-11-20-23(13-14)16-6-2-1-3-7-16/h1-7,10-13H,8-9H2,(H,21,24)(H,22,25). The SMILES string of the molecule is O=C(CCc1cnn(-c2ccccc2)c1)NNC(=O)c1cccnc1. The van der Waals surface area contributed by atoms with Crippen LogP contribution < -0.4 is 10.9 Å². The van der Waals surface area contributed by atoms with Crippen molar-refractivity contribution in [3.05, 3.63) is 78.4 Å². The molecule has 0 saturated carbocycles. The zero-order valence-electron chi connectivity index (χ0n) is 13.4. The highest BCUT2D eigenvalue weighted by Gasteiger charge is 2.08. The number of amides is 2. The lowest BCUT2D eigenvalue weighted by Gasteiger charge is -2.06. The van der Waals surface area contributed by atoms with E-state index in [1.54, 1.807) is 29.2 Å². The van der Waals surface area contributed by atoms with Crippen molar-refractivity contribution in [3.8, 4) is 5.69 Å². The van der Waals surface area contributed by atoms with Gasteiger partial charge in [-0.15, -0.1) is 0 Å². The predicted octanol–water partition coefficient (Wildman–Crippen LogP) is 1.66. The number of rotatable bonds is 5. The summed E-state index contributed by atoms with van der Waals surface area (Å²) in [5.41, 5.74) is 7.05. The van der Waals surface area contributed by atoms with Crippen LogP contribution in [0.1, 0.15) is 22.3 Å². The van der Waals surface area contributed by atoms with E-state index in [0.29, 0.717) is 12.0 Å². The van der Waals surface area contributed by atoms with Crippen molar-refractivity contribution in [1.82, 2.24) is 25.6 Å². The number of pyridine rings is 1. The van der Waals surface area contributed by atoms with E-state index in [9.17, 15) is 9.59 Å².